The molecule has 9 heteroatoms. The number of aromatic nitrogens is 1. The van der Waals surface area contributed by atoms with Gasteiger partial charge in [-0.1, -0.05) is 36.4 Å². The van der Waals surface area contributed by atoms with Crippen molar-refractivity contribution in [3.05, 3.63) is 84.1 Å². The average molecular weight is 489 g/mol. The van der Waals surface area contributed by atoms with Crippen molar-refractivity contribution < 1.29 is 23.9 Å². The molecule has 2 amide bonds. The Morgan fingerprint density at radius 2 is 1.78 bits per heavy atom. The number of amides is 2. The molecule has 1 saturated heterocycles. The summed E-state index contributed by atoms with van der Waals surface area (Å²) >= 11 is 0. The predicted octanol–water partition coefficient (Wildman–Crippen LogP) is 3.33. The van der Waals surface area contributed by atoms with Crippen molar-refractivity contribution in [3.63, 3.8) is 0 Å². The summed E-state index contributed by atoms with van der Waals surface area (Å²) in [7, 11) is 1.55. The number of benzene rings is 2. The van der Waals surface area contributed by atoms with Crippen molar-refractivity contribution in [1.82, 2.24) is 4.98 Å². The number of carbonyl (C=O) groups excluding carboxylic acids is 3. The van der Waals surface area contributed by atoms with Crippen LogP contribution in [0.2, 0.25) is 0 Å². The molecule has 36 heavy (non-hydrogen) atoms. The first-order valence-corrected chi connectivity index (χ1v) is 11.7. The number of esters is 1. The predicted molar refractivity (Wildman–Crippen MR) is 135 cm³/mol. The van der Waals surface area contributed by atoms with E-state index in [1.807, 2.05) is 11.0 Å². The molecular formula is C27H28N4O5. The molecule has 1 fully saturated rings. The SMILES string of the molecule is COc1cccc(NC(=O)[C@H](OC(=O)C2CCN(c3ccc(C(N)=O)cn3)CC2)c2ccccc2)c1. The molecule has 4 rings (SSSR count). The van der Waals surface area contributed by atoms with E-state index in [4.69, 9.17) is 15.2 Å². The number of hydrogen-bond acceptors (Lipinski definition) is 7. The summed E-state index contributed by atoms with van der Waals surface area (Å²) in [5.74, 6) is -0.417. The largest absolute Gasteiger partial charge is 0.497 e. The van der Waals surface area contributed by atoms with Gasteiger partial charge < -0.3 is 25.4 Å². The van der Waals surface area contributed by atoms with Crippen LogP contribution in [0, 0.1) is 5.92 Å². The number of ether oxygens (including phenoxy) is 2. The average Bonchev–Trinajstić information content (AvgIpc) is 2.92. The molecule has 1 atom stereocenters. The first-order valence-electron chi connectivity index (χ1n) is 11.7. The molecule has 3 aromatic rings. The number of hydrogen-bond donors (Lipinski definition) is 2. The standard InChI is InChI=1S/C27H28N4O5/c1-35-22-9-5-8-21(16-22)30-26(33)24(18-6-3-2-4-7-18)36-27(34)19-12-14-31(15-13-19)23-11-10-20(17-29-23)25(28)32/h2-11,16-17,19,24H,12-15H2,1H3,(H2,28,32)(H,30,33)/t24-/m1/s1. The van der Waals surface area contributed by atoms with Gasteiger partial charge in [0.25, 0.3) is 5.91 Å². The molecule has 186 valence electrons. The molecule has 0 bridgehead atoms. The number of carbonyl (C=O) groups is 3. The fourth-order valence-corrected chi connectivity index (χ4v) is 4.08. The smallest absolute Gasteiger partial charge is 0.310 e. The highest BCUT2D eigenvalue weighted by Crippen LogP contribution is 2.27. The van der Waals surface area contributed by atoms with E-state index in [0.717, 1.165) is 0 Å². The van der Waals surface area contributed by atoms with Crippen molar-refractivity contribution in [3.8, 4) is 5.75 Å². The highest BCUT2D eigenvalue weighted by Gasteiger charge is 2.32. The molecule has 2 aromatic carbocycles. The van der Waals surface area contributed by atoms with Crippen molar-refractivity contribution >= 4 is 29.3 Å². The summed E-state index contributed by atoms with van der Waals surface area (Å²) in [6.45, 7) is 1.18. The summed E-state index contributed by atoms with van der Waals surface area (Å²) < 4.78 is 11.0. The van der Waals surface area contributed by atoms with Gasteiger partial charge >= 0.3 is 5.97 Å². The van der Waals surface area contributed by atoms with Crippen LogP contribution in [0.25, 0.3) is 0 Å². The molecule has 1 aliphatic rings. The van der Waals surface area contributed by atoms with Crippen molar-refractivity contribution in [2.45, 2.75) is 18.9 Å². The number of methoxy groups -OCH3 is 1. The zero-order valence-corrected chi connectivity index (χ0v) is 19.9. The van der Waals surface area contributed by atoms with Gasteiger partial charge in [-0.2, -0.15) is 0 Å². The molecule has 0 unspecified atom stereocenters. The molecule has 0 saturated carbocycles. The van der Waals surface area contributed by atoms with E-state index in [1.54, 1.807) is 67.8 Å². The number of piperidine rings is 1. The topological polar surface area (TPSA) is 124 Å². The van der Waals surface area contributed by atoms with E-state index in [-0.39, 0.29) is 5.92 Å². The van der Waals surface area contributed by atoms with Gasteiger partial charge in [0.05, 0.1) is 18.6 Å². The van der Waals surface area contributed by atoms with E-state index < -0.39 is 23.9 Å². The van der Waals surface area contributed by atoms with Crippen molar-refractivity contribution in [1.29, 1.82) is 0 Å². The summed E-state index contributed by atoms with van der Waals surface area (Å²) in [5.41, 5.74) is 6.75. The van der Waals surface area contributed by atoms with Gasteiger partial charge in [0.15, 0.2) is 0 Å². The minimum atomic E-state index is -1.09. The first kappa shape index (κ1) is 24.7. The van der Waals surface area contributed by atoms with Gasteiger partial charge in [-0.05, 0) is 37.1 Å². The molecular weight excluding hydrogens is 460 g/mol. The van der Waals surface area contributed by atoms with Crippen molar-refractivity contribution in [2.75, 3.05) is 30.4 Å². The summed E-state index contributed by atoms with van der Waals surface area (Å²) in [5, 5.41) is 2.82. The second-order valence-corrected chi connectivity index (χ2v) is 8.48. The number of nitrogens with one attached hydrogen (secondary N) is 1. The fourth-order valence-electron chi connectivity index (χ4n) is 4.08. The molecule has 1 aliphatic heterocycles. The Bertz CT molecular complexity index is 1210. The normalized spacial score (nSPS) is 14.5. The van der Waals surface area contributed by atoms with Gasteiger partial charge in [-0.25, -0.2) is 4.98 Å². The van der Waals surface area contributed by atoms with Gasteiger partial charge in [-0.3, -0.25) is 14.4 Å². The van der Waals surface area contributed by atoms with Crippen LogP contribution in [0.3, 0.4) is 0 Å². The summed E-state index contributed by atoms with van der Waals surface area (Å²) in [6, 6.07) is 19.3. The Hall–Kier alpha value is -4.40. The minimum absolute atomic E-state index is 0.344. The lowest BCUT2D eigenvalue weighted by molar-refractivity contribution is -0.159. The van der Waals surface area contributed by atoms with Crippen LogP contribution in [0.5, 0.6) is 5.75 Å². The highest BCUT2D eigenvalue weighted by molar-refractivity contribution is 5.96. The van der Waals surface area contributed by atoms with Gasteiger partial charge in [0.2, 0.25) is 12.0 Å². The lowest BCUT2D eigenvalue weighted by Crippen LogP contribution is -2.38. The number of nitrogens with two attached hydrogens (primary N) is 1. The van der Waals surface area contributed by atoms with Crippen LogP contribution in [0.15, 0.2) is 72.9 Å². The maximum absolute atomic E-state index is 13.2. The van der Waals surface area contributed by atoms with E-state index in [9.17, 15) is 14.4 Å². The zero-order valence-electron chi connectivity index (χ0n) is 19.9. The number of nitrogens with zero attached hydrogens (tertiary/aromatic N) is 2. The molecule has 1 aromatic heterocycles. The molecule has 2 heterocycles. The lowest BCUT2D eigenvalue weighted by Gasteiger charge is -2.32. The Labute approximate surface area is 209 Å². The van der Waals surface area contributed by atoms with Crippen LogP contribution in [0.4, 0.5) is 11.5 Å². The van der Waals surface area contributed by atoms with Gasteiger partial charge in [-0.15, -0.1) is 0 Å². The lowest BCUT2D eigenvalue weighted by atomic mass is 9.96. The molecule has 0 radical (unpaired) electrons. The Morgan fingerprint density at radius 3 is 2.42 bits per heavy atom. The van der Waals surface area contributed by atoms with E-state index in [1.165, 1.54) is 6.20 Å². The van der Waals surface area contributed by atoms with Crippen LogP contribution >= 0.6 is 0 Å². The number of rotatable bonds is 8. The third kappa shape index (κ3) is 5.99. The second kappa shape index (κ2) is 11.4. The highest BCUT2D eigenvalue weighted by atomic mass is 16.5. The molecule has 3 N–H and O–H groups in total. The van der Waals surface area contributed by atoms with Crippen LogP contribution in [-0.2, 0) is 14.3 Å². The maximum Gasteiger partial charge on any atom is 0.310 e. The van der Waals surface area contributed by atoms with Crippen LogP contribution in [-0.4, -0.2) is 43.0 Å². The van der Waals surface area contributed by atoms with Crippen LogP contribution in [0.1, 0.15) is 34.9 Å². The first-order chi connectivity index (χ1) is 17.4. The Balaban J connectivity index is 1.41. The van der Waals surface area contributed by atoms with Gasteiger partial charge in [0.1, 0.15) is 11.6 Å². The zero-order chi connectivity index (χ0) is 25.5. The Kier molecular flexibility index (Phi) is 7.79. The molecule has 0 spiro atoms. The van der Waals surface area contributed by atoms with E-state index in [2.05, 4.69) is 10.3 Å². The van der Waals surface area contributed by atoms with Gasteiger partial charge in [0, 0.05) is 36.6 Å². The number of primary amides is 1. The van der Waals surface area contributed by atoms with E-state index >= 15 is 0 Å². The quantitative estimate of drug-likeness (QED) is 0.466. The molecule has 0 aliphatic carbocycles. The third-order valence-corrected chi connectivity index (χ3v) is 6.10. The second-order valence-electron chi connectivity index (χ2n) is 8.48. The van der Waals surface area contributed by atoms with Crippen molar-refractivity contribution in [2.24, 2.45) is 11.7 Å². The third-order valence-electron chi connectivity index (χ3n) is 6.10. The van der Waals surface area contributed by atoms with E-state index in [0.29, 0.717) is 54.3 Å². The van der Waals surface area contributed by atoms with Crippen LogP contribution < -0.4 is 20.7 Å². The Morgan fingerprint density at radius 1 is 1.03 bits per heavy atom. The summed E-state index contributed by atoms with van der Waals surface area (Å²) in [6.07, 6.45) is 1.46. The number of anilines is 2. The molecule has 9 nitrogen and oxygen atoms in total. The maximum atomic E-state index is 13.2. The summed E-state index contributed by atoms with van der Waals surface area (Å²) in [4.78, 5) is 43.9. The fraction of sp³-hybridized carbons (Fsp3) is 0.259. The monoisotopic (exact) mass is 488 g/mol. The number of pyridine rings is 1. The minimum Gasteiger partial charge on any atom is -0.497 e.